The zero-order valence-corrected chi connectivity index (χ0v) is 12.2. The van der Waals surface area contributed by atoms with Gasteiger partial charge >= 0.3 is 0 Å². The molecule has 0 aromatic carbocycles. The van der Waals surface area contributed by atoms with Crippen LogP contribution in [-0.4, -0.2) is 21.0 Å². The van der Waals surface area contributed by atoms with Gasteiger partial charge < -0.3 is 15.3 Å². The van der Waals surface area contributed by atoms with Crippen LogP contribution in [0.2, 0.25) is 0 Å². The van der Waals surface area contributed by atoms with Gasteiger partial charge in [0.15, 0.2) is 0 Å². The standard InChI is InChI=1S/C17H18N4O/c22-16-7-3-6-14(20-16)13-10-15(19-11-4-1-2-5-11)21-17-12(13)8-9-18-17/h3,6-11H,1-2,4-5H2,(H,20,22)(H2,18,19,21). The predicted octanol–water partition coefficient (Wildman–Crippen LogP) is 3.27. The highest BCUT2D eigenvalue weighted by Gasteiger charge is 2.16. The van der Waals surface area contributed by atoms with Gasteiger partial charge in [-0.05, 0) is 31.0 Å². The fraction of sp³-hybridized carbons (Fsp3) is 0.294. The third kappa shape index (κ3) is 2.39. The van der Waals surface area contributed by atoms with Crippen LogP contribution in [0.1, 0.15) is 25.7 Å². The monoisotopic (exact) mass is 294 g/mol. The van der Waals surface area contributed by atoms with E-state index in [-0.39, 0.29) is 5.56 Å². The molecule has 0 saturated heterocycles. The summed E-state index contributed by atoms with van der Waals surface area (Å²) < 4.78 is 0. The zero-order valence-electron chi connectivity index (χ0n) is 12.2. The molecule has 0 unspecified atom stereocenters. The average molecular weight is 294 g/mol. The summed E-state index contributed by atoms with van der Waals surface area (Å²) >= 11 is 0. The van der Waals surface area contributed by atoms with Crippen molar-refractivity contribution in [3.63, 3.8) is 0 Å². The summed E-state index contributed by atoms with van der Waals surface area (Å²) in [7, 11) is 0. The average Bonchev–Trinajstić information content (AvgIpc) is 3.17. The van der Waals surface area contributed by atoms with E-state index >= 15 is 0 Å². The normalized spacial score (nSPS) is 15.5. The number of hydrogen-bond acceptors (Lipinski definition) is 3. The predicted molar refractivity (Wildman–Crippen MR) is 88.0 cm³/mol. The van der Waals surface area contributed by atoms with Crippen LogP contribution >= 0.6 is 0 Å². The van der Waals surface area contributed by atoms with E-state index in [0.717, 1.165) is 28.1 Å². The fourth-order valence-electron chi connectivity index (χ4n) is 3.22. The molecule has 4 rings (SSSR count). The summed E-state index contributed by atoms with van der Waals surface area (Å²) in [6, 6.07) is 9.74. The molecule has 0 amide bonds. The van der Waals surface area contributed by atoms with Gasteiger partial charge in [0, 0.05) is 34.9 Å². The summed E-state index contributed by atoms with van der Waals surface area (Å²) in [4.78, 5) is 22.3. The maximum atomic E-state index is 11.6. The quantitative estimate of drug-likeness (QED) is 0.694. The molecule has 112 valence electrons. The molecular formula is C17H18N4O. The number of anilines is 1. The molecule has 0 bridgehead atoms. The van der Waals surface area contributed by atoms with Crippen molar-refractivity contribution in [3.8, 4) is 11.3 Å². The highest BCUT2D eigenvalue weighted by atomic mass is 16.1. The molecule has 0 atom stereocenters. The minimum absolute atomic E-state index is 0.0942. The Labute approximate surface area is 127 Å². The van der Waals surface area contributed by atoms with E-state index in [1.807, 2.05) is 24.4 Å². The Bertz CT molecular complexity index is 858. The number of aromatic nitrogens is 3. The molecule has 0 radical (unpaired) electrons. The third-order valence-electron chi connectivity index (χ3n) is 4.29. The van der Waals surface area contributed by atoms with Gasteiger partial charge in [-0.1, -0.05) is 18.9 Å². The van der Waals surface area contributed by atoms with Crippen LogP contribution in [0, 0.1) is 0 Å². The number of nitrogens with one attached hydrogen (secondary N) is 3. The number of nitrogens with zero attached hydrogens (tertiary/aromatic N) is 1. The van der Waals surface area contributed by atoms with Crippen molar-refractivity contribution in [2.45, 2.75) is 31.7 Å². The lowest BCUT2D eigenvalue weighted by atomic mass is 10.1. The summed E-state index contributed by atoms with van der Waals surface area (Å²) in [6.45, 7) is 0. The van der Waals surface area contributed by atoms with Gasteiger partial charge in [-0.2, -0.15) is 0 Å². The van der Waals surface area contributed by atoms with E-state index in [1.165, 1.54) is 31.7 Å². The Balaban J connectivity index is 1.81. The van der Waals surface area contributed by atoms with Crippen LogP contribution in [0.3, 0.4) is 0 Å². The van der Waals surface area contributed by atoms with E-state index < -0.39 is 0 Å². The molecule has 0 spiro atoms. The lowest BCUT2D eigenvalue weighted by molar-refractivity contribution is 0.751. The second-order valence-electron chi connectivity index (χ2n) is 5.85. The molecule has 3 aromatic rings. The molecule has 0 aliphatic heterocycles. The Morgan fingerprint density at radius 1 is 1.18 bits per heavy atom. The first-order chi connectivity index (χ1) is 10.8. The second kappa shape index (κ2) is 5.33. The number of fused-ring (bicyclic) bond motifs is 1. The van der Waals surface area contributed by atoms with Crippen LogP contribution in [0.5, 0.6) is 0 Å². The van der Waals surface area contributed by atoms with Crippen molar-refractivity contribution >= 4 is 16.9 Å². The minimum atomic E-state index is -0.0942. The van der Waals surface area contributed by atoms with Gasteiger partial charge in [0.25, 0.3) is 0 Å². The van der Waals surface area contributed by atoms with Crippen molar-refractivity contribution in [2.24, 2.45) is 0 Å². The van der Waals surface area contributed by atoms with Crippen molar-refractivity contribution in [1.29, 1.82) is 0 Å². The van der Waals surface area contributed by atoms with Crippen LogP contribution in [-0.2, 0) is 0 Å². The number of H-pyrrole nitrogens is 2. The van der Waals surface area contributed by atoms with Crippen molar-refractivity contribution in [3.05, 3.63) is 46.9 Å². The largest absolute Gasteiger partial charge is 0.367 e. The maximum Gasteiger partial charge on any atom is 0.248 e. The molecule has 5 nitrogen and oxygen atoms in total. The van der Waals surface area contributed by atoms with Crippen LogP contribution in [0.25, 0.3) is 22.3 Å². The maximum absolute atomic E-state index is 11.6. The van der Waals surface area contributed by atoms with Crippen LogP contribution in [0.4, 0.5) is 5.82 Å². The van der Waals surface area contributed by atoms with Crippen molar-refractivity contribution < 1.29 is 0 Å². The Morgan fingerprint density at radius 2 is 2.05 bits per heavy atom. The molecule has 1 fully saturated rings. The SMILES string of the molecule is O=c1cccc(-c2cc(NC3CCCC3)nc3[nH]ccc23)[nH]1. The first-order valence-electron chi connectivity index (χ1n) is 7.74. The number of hydrogen-bond donors (Lipinski definition) is 3. The first kappa shape index (κ1) is 13.1. The molecular weight excluding hydrogens is 276 g/mol. The van der Waals surface area contributed by atoms with Crippen LogP contribution in [0.15, 0.2) is 41.3 Å². The highest BCUT2D eigenvalue weighted by Crippen LogP contribution is 2.29. The van der Waals surface area contributed by atoms with E-state index in [9.17, 15) is 4.79 Å². The van der Waals surface area contributed by atoms with Gasteiger partial charge in [0.1, 0.15) is 11.5 Å². The van der Waals surface area contributed by atoms with Gasteiger partial charge in [0.2, 0.25) is 5.56 Å². The number of pyridine rings is 2. The van der Waals surface area contributed by atoms with Gasteiger partial charge in [-0.3, -0.25) is 4.79 Å². The second-order valence-corrected chi connectivity index (χ2v) is 5.85. The van der Waals surface area contributed by atoms with Gasteiger partial charge in [-0.25, -0.2) is 4.98 Å². The summed E-state index contributed by atoms with van der Waals surface area (Å²) in [5, 5.41) is 4.54. The molecule has 1 aliphatic carbocycles. The van der Waals surface area contributed by atoms with E-state index in [4.69, 9.17) is 0 Å². The molecule has 3 aromatic heterocycles. The number of rotatable bonds is 3. The van der Waals surface area contributed by atoms with Gasteiger partial charge in [0.05, 0.1) is 0 Å². The molecule has 1 saturated carbocycles. The van der Waals surface area contributed by atoms with Gasteiger partial charge in [-0.15, -0.1) is 0 Å². The lowest BCUT2D eigenvalue weighted by Gasteiger charge is -2.14. The van der Waals surface area contributed by atoms with Crippen molar-refractivity contribution in [1.82, 2.24) is 15.0 Å². The summed E-state index contributed by atoms with van der Waals surface area (Å²) in [5.74, 6) is 0.863. The molecule has 3 N–H and O–H groups in total. The molecule has 22 heavy (non-hydrogen) atoms. The Kier molecular flexibility index (Phi) is 3.18. The Hall–Kier alpha value is -2.56. The third-order valence-corrected chi connectivity index (χ3v) is 4.29. The van der Waals surface area contributed by atoms with Crippen LogP contribution < -0.4 is 10.9 Å². The number of aromatic amines is 2. The molecule has 3 heterocycles. The highest BCUT2D eigenvalue weighted by molar-refractivity contribution is 5.93. The van der Waals surface area contributed by atoms with Crippen molar-refractivity contribution in [2.75, 3.05) is 5.32 Å². The van der Waals surface area contributed by atoms with E-state index in [0.29, 0.717) is 6.04 Å². The molecule has 1 aliphatic rings. The Morgan fingerprint density at radius 3 is 2.86 bits per heavy atom. The van der Waals surface area contributed by atoms with E-state index in [1.54, 1.807) is 6.07 Å². The molecule has 5 heteroatoms. The first-order valence-corrected chi connectivity index (χ1v) is 7.74. The zero-order chi connectivity index (χ0) is 14.9. The minimum Gasteiger partial charge on any atom is -0.367 e. The van der Waals surface area contributed by atoms with E-state index in [2.05, 4.69) is 20.3 Å². The summed E-state index contributed by atoms with van der Waals surface area (Å²) in [6.07, 6.45) is 6.83. The smallest absolute Gasteiger partial charge is 0.248 e. The topological polar surface area (TPSA) is 73.6 Å². The summed E-state index contributed by atoms with van der Waals surface area (Å²) in [5.41, 5.74) is 2.55. The fourth-order valence-corrected chi connectivity index (χ4v) is 3.22. The lowest BCUT2D eigenvalue weighted by Crippen LogP contribution is -2.15.